The monoisotopic (exact) mass is 287 g/mol. The summed E-state index contributed by atoms with van der Waals surface area (Å²) in [5.41, 5.74) is 0. The first-order valence-corrected chi connectivity index (χ1v) is 8.12. The van der Waals surface area contributed by atoms with Crippen LogP contribution in [-0.4, -0.2) is 19.6 Å². The summed E-state index contributed by atoms with van der Waals surface area (Å²) < 4.78 is 32.2. The average Bonchev–Trinajstić information content (AvgIpc) is 2.82. The molecule has 108 valence electrons. The van der Waals surface area contributed by atoms with E-state index in [4.69, 9.17) is 9.52 Å². The molecule has 0 bridgehead atoms. The van der Waals surface area contributed by atoms with Crippen LogP contribution < -0.4 is 4.72 Å². The summed E-state index contributed by atoms with van der Waals surface area (Å²) in [6.45, 7) is 3.97. The zero-order valence-electron chi connectivity index (χ0n) is 11.3. The Hall–Kier alpha value is -0.850. The molecule has 1 aliphatic rings. The Balaban J connectivity index is 2.08. The second-order valence-corrected chi connectivity index (χ2v) is 7.15. The number of nitrogens with one attached hydrogen (secondary N) is 1. The molecule has 1 aromatic heterocycles. The van der Waals surface area contributed by atoms with Gasteiger partial charge in [-0.25, -0.2) is 13.1 Å². The molecule has 0 spiro atoms. The number of hydrogen-bond donors (Lipinski definition) is 2. The van der Waals surface area contributed by atoms with Crippen molar-refractivity contribution in [3.63, 3.8) is 0 Å². The number of rotatable bonds is 4. The summed E-state index contributed by atoms with van der Waals surface area (Å²) in [4.78, 5) is 0. The fourth-order valence-corrected chi connectivity index (χ4v) is 4.01. The van der Waals surface area contributed by atoms with Crippen LogP contribution in [0.5, 0.6) is 0 Å². The van der Waals surface area contributed by atoms with E-state index in [9.17, 15) is 8.42 Å². The first-order valence-electron chi connectivity index (χ1n) is 6.64. The molecule has 19 heavy (non-hydrogen) atoms. The van der Waals surface area contributed by atoms with E-state index >= 15 is 0 Å². The fourth-order valence-electron chi connectivity index (χ4n) is 2.69. The van der Waals surface area contributed by atoms with Gasteiger partial charge in [0.05, 0.1) is 0 Å². The number of furan rings is 1. The Morgan fingerprint density at radius 3 is 2.68 bits per heavy atom. The van der Waals surface area contributed by atoms with Crippen molar-refractivity contribution in [3.8, 4) is 0 Å². The highest BCUT2D eigenvalue weighted by molar-refractivity contribution is 7.89. The van der Waals surface area contributed by atoms with Crippen LogP contribution in [-0.2, 0) is 16.6 Å². The molecule has 1 aromatic rings. The van der Waals surface area contributed by atoms with Gasteiger partial charge in [-0.15, -0.1) is 0 Å². The molecule has 1 heterocycles. The molecule has 0 saturated heterocycles. The Labute approximate surface area is 114 Å². The Morgan fingerprint density at radius 1 is 1.37 bits per heavy atom. The predicted molar refractivity (Wildman–Crippen MR) is 70.9 cm³/mol. The van der Waals surface area contributed by atoms with E-state index in [2.05, 4.69) is 18.6 Å². The van der Waals surface area contributed by atoms with Crippen molar-refractivity contribution in [1.29, 1.82) is 0 Å². The molecule has 1 aliphatic carbocycles. The summed E-state index contributed by atoms with van der Waals surface area (Å²) in [7, 11) is -3.63. The molecule has 1 fully saturated rings. The summed E-state index contributed by atoms with van der Waals surface area (Å²) >= 11 is 0. The number of hydrogen-bond acceptors (Lipinski definition) is 4. The van der Waals surface area contributed by atoms with Gasteiger partial charge in [0, 0.05) is 6.04 Å². The summed E-state index contributed by atoms with van der Waals surface area (Å²) in [6.07, 6.45) is 2.93. The fraction of sp³-hybridized carbons (Fsp3) is 0.692. The molecule has 0 aliphatic heterocycles. The number of sulfonamides is 1. The van der Waals surface area contributed by atoms with Crippen molar-refractivity contribution in [2.24, 2.45) is 11.8 Å². The minimum absolute atomic E-state index is 0.0381. The summed E-state index contributed by atoms with van der Waals surface area (Å²) in [6, 6.07) is 2.81. The van der Waals surface area contributed by atoms with Crippen molar-refractivity contribution >= 4 is 10.0 Å². The molecular formula is C13H21NO4S. The van der Waals surface area contributed by atoms with Crippen LogP contribution in [0.3, 0.4) is 0 Å². The maximum absolute atomic E-state index is 12.2. The normalized spacial score (nSPS) is 28.5. The lowest BCUT2D eigenvalue weighted by atomic mass is 9.80. The number of aliphatic hydroxyl groups excluding tert-OH is 1. The van der Waals surface area contributed by atoms with E-state index < -0.39 is 10.0 Å². The van der Waals surface area contributed by atoms with Gasteiger partial charge < -0.3 is 9.52 Å². The molecule has 2 N–H and O–H groups in total. The largest absolute Gasteiger partial charge is 0.446 e. The lowest BCUT2D eigenvalue weighted by molar-refractivity contribution is 0.233. The van der Waals surface area contributed by atoms with Crippen LogP contribution in [0.1, 0.15) is 38.9 Å². The van der Waals surface area contributed by atoms with Crippen molar-refractivity contribution in [3.05, 3.63) is 17.9 Å². The Bertz CT molecular complexity index is 523. The lowest BCUT2D eigenvalue weighted by Gasteiger charge is -2.32. The third-order valence-corrected chi connectivity index (χ3v) is 5.16. The molecule has 1 saturated carbocycles. The van der Waals surface area contributed by atoms with E-state index in [1.807, 2.05) is 0 Å². The van der Waals surface area contributed by atoms with Crippen LogP contribution in [0, 0.1) is 11.8 Å². The molecular weight excluding hydrogens is 266 g/mol. The van der Waals surface area contributed by atoms with Gasteiger partial charge in [0.25, 0.3) is 10.0 Å². The van der Waals surface area contributed by atoms with Gasteiger partial charge in [-0.05, 0) is 43.2 Å². The van der Waals surface area contributed by atoms with E-state index in [-0.39, 0.29) is 23.5 Å². The second-order valence-electron chi connectivity index (χ2n) is 5.50. The summed E-state index contributed by atoms with van der Waals surface area (Å²) in [5, 5.41) is 8.78. The lowest BCUT2D eigenvalue weighted by Crippen LogP contribution is -2.42. The maximum atomic E-state index is 12.2. The smallest absolute Gasteiger partial charge is 0.274 e. The third kappa shape index (κ3) is 3.38. The van der Waals surface area contributed by atoms with E-state index in [0.29, 0.717) is 11.8 Å². The minimum atomic E-state index is -3.63. The van der Waals surface area contributed by atoms with Gasteiger partial charge in [0.1, 0.15) is 12.4 Å². The highest BCUT2D eigenvalue weighted by Crippen LogP contribution is 2.29. The van der Waals surface area contributed by atoms with Gasteiger partial charge in [0.15, 0.2) is 0 Å². The van der Waals surface area contributed by atoms with Crippen LogP contribution in [0.15, 0.2) is 21.6 Å². The first-order chi connectivity index (χ1) is 8.92. The quantitative estimate of drug-likeness (QED) is 0.886. The molecule has 0 radical (unpaired) electrons. The van der Waals surface area contributed by atoms with Gasteiger partial charge >= 0.3 is 0 Å². The third-order valence-electron chi connectivity index (χ3n) is 3.80. The Morgan fingerprint density at radius 2 is 2.11 bits per heavy atom. The molecule has 3 unspecified atom stereocenters. The molecule has 5 nitrogen and oxygen atoms in total. The average molecular weight is 287 g/mol. The predicted octanol–water partition coefficient (Wildman–Crippen LogP) is 1.87. The molecule has 2 rings (SSSR count). The van der Waals surface area contributed by atoms with Crippen LogP contribution >= 0.6 is 0 Å². The van der Waals surface area contributed by atoms with Crippen molar-refractivity contribution in [2.45, 2.75) is 50.9 Å². The first kappa shape index (κ1) is 14.6. The van der Waals surface area contributed by atoms with E-state index in [1.54, 1.807) is 0 Å². The van der Waals surface area contributed by atoms with Crippen LogP contribution in [0.2, 0.25) is 0 Å². The van der Waals surface area contributed by atoms with Crippen molar-refractivity contribution < 1.29 is 17.9 Å². The summed E-state index contributed by atoms with van der Waals surface area (Å²) in [5.74, 6) is 1.23. The topological polar surface area (TPSA) is 79.5 Å². The standard InChI is InChI=1S/C13H21NO4S/c1-9-3-5-12(10(2)7-9)14-19(16,17)13-6-4-11(8-15)18-13/h4,6,9-10,12,14-15H,3,5,7-8H2,1-2H3. The maximum Gasteiger partial charge on any atom is 0.274 e. The molecule has 0 aromatic carbocycles. The van der Waals surface area contributed by atoms with Gasteiger partial charge in [-0.1, -0.05) is 13.8 Å². The molecule has 6 heteroatoms. The van der Waals surface area contributed by atoms with E-state index in [1.165, 1.54) is 12.1 Å². The van der Waals surface area contributed by atoms with Crippen molar-refractivity contribution in [1.82, 2.24) is 4.72 Å². The van der Waals surface area contributed by atoms with Gasteiger partial charge in [0.2, 0.25) is 5.09 Å². The zero-order valence-corrected chi connectivity index (χ0v) is 12.1. The highest BCUT2D eigenvalue weighted by Gasteiger charge is 2.30. The van der Waals surface area contributed by atoms with E-state index in [0.717, 1.165) is 19.3 Å². The van der Waals surface area contributed by atoms with Gasteiger partial charge in [-0.3, -0.25) is 0 Å². The SMILES string of the molecule is CC1CCC(NS(=O)(=O)c2ccc(CO)o2)C(C)C1. The molecule has 0 amide bonds. The Kier molecular flexibility index (Phi) is 4.32. The molecule has 3 atom stereocenters. The zero-order chi connectivity index (χ0) is 14.0. The second kappa shape index (κ2) is 5.64. The van der Waals surface area contributed by atoms with Crippen molar-refractivity contribution in [2.75, 3.05) is 0 Å². The van der Waals surface area contributed by atoms with Crippen LogP contribution in [0.25, 0.3) is 0 Å². The van der Waals surface area contributed by atoms with Gasteiger partial charge in [-0.2, -0.15) is 0 Å². The highest BCUT2D eigenvalue weighted by atomic mass is 32.2. The minimum Gasteiger partial charge on any atom is -0.446 e. The van der Waals surface area contributed by atoms with Crippen LogP contribution in [0.4, 0.5) is 0 Å². The number of aliphatic hydroxyl groups is 1.